The third-order valence-corrected chi connectivity index (χ3v) is 4.64. The summed E-state index contributed by atoms with van der Waals surface area (Å²) >= 11 is 0. The van der Waals surface area contributed by atoms with E-state index in [-0.39, 0.29) is 11.1 Å². The fourth-order valence-corrected chi connectivity index (χ4v) is 3.09. The third kappa shape index (κ3) is 4.26. The second-order valence-corrected chi connectivity index (χ2v) is 6.54. The molecule has 0 nitrogen and oxygen atoms in total. The normalized spacial score (nSPS) is 10.4. The van der Waals surface area contributed by atoms with Crippen molar-refractivity contribution in [1.29, 1.82) is 0 Å². The van der Waals surface area contributed by atoms with Crippen molar-refractivity contribution in [3.8, 4) is 34.1 Å². The molecule has 0 radical (unpaired) electrons. The van der Waals surface area contributed by atoms with Crippen molar-refractivity contribution >= 4 is 0 Å². The Morgan fingerprint density at radius 3 is 1.93 bits per heavy atom. The lowest BCUT2D eigenvalue weighted by Crippen LogP contribution is -1.94. The standard InChI is InChI=1S/C25H22F2/c1-3-5-7-18-8-10-19(11-9-18)20-12-14-21(15-13-20)23-17-16-22(6-4-2)24(26)25(23)27/h8-17H,3,5,7H2,1-2H3. The number of rotatable bonds is 5. The summed E-state index contributed by atoms with van der Waals surface area (Å²) in [5, 5.41) is 0. The first-order valence-electron chi connectivity index (χ1n) is 9.24. The van der Waals surface area contributed by atoms with Crippen LogP contribution < -0.4 is 0 Å². The van der Waals surface area contributed by atoms with Crippen LogP contribution in [-0.2, 0) is 6.42 Å². The van der Waals surface area contributed by atoms with Crippen LogP contribution in [0.4, 0.5) is 8.78 Å². The van der Waals surface area contributed by atoms with E-state index in [1.54, 1.807) is 13.0 Å². The van der Waals surface area contributed by atoms with E-state index in [1.165, 1.54) is 24.5 Å². The maximum Gasteiger partial charge on any atom is 0.175 e. The molecule has 0 unspecified atom stereocenters. The van der Waals surface area contributed by atoms with Crippen LogP contribution in [0.3, 0.4) is 0 Å². The molecule has 0 amide bonds. The van der Waals surface area contributed by atoms with Crippen molar-refractivity contribution in [2.75, 3.05) is 0 Å². The molecule has 0 fully saturated rings. The Morgan fingerprint density at radius 1 is 0.741 bits per heavy atom. The lowest BCUT2D eigenvalue weighted by Gasteiger charge is -2.08. The minimum absolute atomic E-state index is 0.0820. The second-order valence-electron chi connectivity index (χ2n) is 6.54. The van der Waals surface area contributed by atoms with Crippen molar-refractivity contribution < 1.29 is 8.78 Å². The number of hydrogen-bond acceptors (Lipinski definition) is 0. The first-order valence-corrected chi connectivity index (χ1v) is 9.24. The smallest absolute Gasteiger partial charge is 0.175 e. The Kier molecular flexibility index (Phi) is 6.04. The minimum atomic E-state index is -0.895. The molecule has 0 heterocycles. The number of hydrogen-bond donors (Lipinski definition) is 0. The maximum atomic E-state index is 14.4. The zero-order valence-corrected chi connectivity index (χ0v) is 15.7. The number of unbranched alkanes of at least 4 members (excludes halogenated alkanes) is 1. The summed E-state index contributed by atoms with van der Waals surface area (Å²) < 4.78 is 28.5. The van der Waals surface area contributed by atoms with Crippen LogP contribution in [0.2, 0.25) is 0 Å². The third-order valence-electron chi connectivity index (χ3n) is 4.64. The number of aryl methyl sites for hydroxylation is 1. The molecule has 0 aliphatic carbocycles. The monoisotopic (exact) mass is 360 g/mol. The van der Waals surface area contributed by atoms with E-state index < -0.39 is 11.6 Å². The van der Waals surface area contributed by atoms with Crippen molar-refractivity contribution in [3.05, 3.63) is 83.4 Å². The number of benzene rings is 3. The van der Waals surface area contributed by atoms with Gasteiger partial charge in [-0.05, 0) is 54.2 Å². The van der Waals surface area contributed by atoms with Crippen LogP contribution in [0.1, 0.15) is 37.8 Å². The van der Waals surface area contributed by atoms with E-state index in [0.717, 1.165) is 17.5 Å². The predicted molar refractivity (Wildman–Crippen MR) is 108 cm³/mol. The van der Waals surface area contributed by atoms with Crippen molar-refractivity contribution in [2.45, 2.75) is 33.1 Å². The lowest BCUT2D eigenvalue weighted by atomic mass is 9.98. The molecule has 0 aromatic heterocycles. The minimum Gasteiger partial charge on any atom is -0.203 e. The highest BCUT2D eigenvalue weighted by molar-refractivity contribution is 5.71. The summed E-state index contributed by atoms with van der Waals surface area (Å²) in [7, 11) is 0. The largest absolute Gasteiger partial charge is 0.203 e. The average Bonchev–Trinajstić information content (AvgIpc) is 2.71. The molecular weight excluding hydrogens is 338 g/mol. The van der Waals surface area contributed by atoms with E-state index >= 15 is 0 Å². The fourth-order valence-electron chi connectivity index (χ4n) is 3.09. The van der Waals surface area contributed by atoms with Crippen LogP contribution in [0, 0.1) is 23.5 Å². The molecule has 0 aliphatic rings. The Morgan fingerprint density at radius 2 is 1.33 bits per heavy atom. The summed E-state index contributed by atoms with van der Waals surface area (Å²) in [6.45, 7) is 3.79. The molecule has 0 aliphatic heterocycles. The van der Waals surface area contributed by atoms with Crippen molar-refractivity contribution in [1.82, 2.24) is 0 Å². The van der Waals surface area contributed by atoms with Gasteiger partial charge in [-0.2, -0.15) is 0 Å². The molecule has 0 N–H and O–H groups in total. The van der Waals surface area contributed by atoms with Crippen LogP contribution in [0.15, 0.2) is 60.7 Å². The van der Waals surface area contributed by atoms with Crippen LogP contribution in [-0.4, -0.2) is 0 Å². The van der Waals surface area contributed by atoms with E-state index in [1.807, 2.05) is 24.3 Å². The summed E-state index contributed by atoms with van der Waals surface area (Å²) in [5.74, 6) is 3.42. The summed E-state index contributed by atoms with van der Waals surface area (Å²) in [4.78, 5) is 0. The molecule has 0 spiro atoms. The van der Waals surface area contributed by atoms with Gasteiger partial charge in [0.25, 0.3) is 0 Å². The van der Waals surface area contributed by atoms with E-state index in [4.69, 9.17) is 0 Å². The van der Waals surface area contributed by atoms with Crippen molar-refractivity contribution in [3.63, 3.8) is 0 Å². The molecule has 0 saturated heterocycles. The Bertz CT molecular complexity index is 972. The van der Waals surface area contributed by atoms with E-state index in [0.29, 0.717) is 5.56 Å². The van der Waals surface area contributed by atoms with Gasteiger partial charge in [-0.15, -0.1) is 5.92 Å². The molecule has 0 saturated carbocycles. The van der Waals surface area contributed by atoms with Gasteiger partial charge in [-0.1, -0.05) is 67.8 Å². The molecule has 2 heteroatoms. The van der Waals surface area contributed by atoms with Gasteiger partial charge in [0.1, 0.15) is 0 Å². The molecule has 3 aromatic carbocycles. The topological polar surface area (TPSA) is 0 Å². The molecule has 3 aromatic rings. The second kappa shape index (κ2) is 8.64. The summed E-state index contributed by atoms with van der Waals surface area (Å²) in [6, 6.07) is 19.1. The Balaban J connectivity index is 1.85. The molecule has 27 heavy (non-hydrogen) atoms. The van der Waals surface area contributed by atoms with E-state index in [2.05, 4.69) is 43.0 Å². The molecule has 0 atom stereocenters. The van der Waals surface area contributed by atoms with Gasteiger partial charge in [0.2, 0.25) is 0 Å². The molecule has 3 rings (SSSR count). The molecular formula is C25H22F2. The quantitative estimate of drug-likeness (QED) is 0.429. The predicted octanol–water partition coefficient (Wildman–Crippen LogP) is 7.01. The van der Waals surface area contributed by atoms with Crippen LogP contribution in [0.25, 0.3) is 22.3 Å². The highest BCUT2D eigenvalue weighted by Crippen LogP contribution is 2.29. The van der Waals surface area contributed by atoms with Gasteiger partial charge in [0.05, 0.1) is 5.56 Å². The van der Waals surface area contributed by atoms with E-state index in [9.17, 15) is 8.78 Å². The Hall–Kier alpha value is -2.92. The fraction of sp³-hybridized carbons (Fsp3) is 0.200. The number of halogens is 2. The van der Waals surface area contributed by atoms with Gasteiger partial charge in [-0.25, -0.2) is 8.78 Å². The molecule has 0 bridgehead atoms. The lowest BCUT2D eigenvalue weighted by molar-refractivity contribution is 0.509. The Labute approximate surface area is 159 Å². The summed E-state index contributed by atoms with van der Waals surface area (Å²) in [6.07, 6.45) is 3.48. The molecule has 136 valence electrons. The SMILES string of the molecule is CC#Cc1ccc(-c2ccc(-c3ccc(CCCC)cc3)cc2)c(F)c1F. The highest BCUT2D eigenvalue weighted by atomic mass is 19.2. The summed E-state index contributed by atoms with van der Waals surface area (Å²) in [5.41, 5.74) is 4.47. The highest BCUT2D eigenvalue weighted by Gasteiger charge is 2.13. The van der Waals surface area contributed by atoms with Gasteiger partial charge in [-0.3, -0.25) is 0 Å². The zero-order valence-electron chi connectivity index (χ0n) is 15.7. The van der Waals surface area contributed by atoms with Crippen LogP contribution in [0.5, 0.6) is 0 Å². The van der Waals surface area contributed by atoms with Gasteiger partial charge in [0, 0.05) is 5.56 Å². The first kappa shape index (κ1) is 18.9. The van der Waals surface area contributed by atoms with Crippen LogP contribution >= 0.6 is 0 Å². The first-order chi connectivity index (χ1) is 13.1. The van der Waals surface area contributed by atoms with Gasteiger partial charge < -0.3 is 0 Å². The van der Waals surface area contributed by atoms with Gasteiger partial charge in [0.15, 0.2) is 11.6 Å². The maximum absolute atomic E-state index is 14.4. The van der Waals surface area contributed by atoms with Gasteiger partial charge >= 0.3 is 0 Å². The average molecular weight is 360 g/mol. The van der Waals surface area contributed by atoms with Crippen molar-refractivity contribution in [2.24, 2.45) is 0 Å². The zero-order chi connectivity index (χ0) is 19.2.